The van der Waals surface area contributed by atoms with Gasteiger partial charge in [-0.1, -0.05) is 6.92 Å². The number of hydrogen-bond acceptors (Lipinski definition) is 3. The van der Waals surface area contributed by atoms with Crippen molar-refractivity contribution >= 4 is 5.91 Å². The van der Waals surface area contributed by atoms with Crippen molar-refractivity contribution < 1.29 is 4.79 Å². The number of carbonyl (C=O) groups is 1. The third-order valence-corrected chi connectivity index (χ3v) is 4.10. The van der Waals surface area contributed by atoms with Gasteiger partial charge in [0.2, 0.25) is 5.91 Å². The SMILES string of the molecule is CCC(C)N(C)CCNC(=O)[C@H]1CCN[C@@H](C)C1. The van der Waals surface area contributed by atoms with Crippen LogP contribution in [0.1, 0.15) is 40.0 Å². The molecule has 0 radical (unpaired) electrons. The highest BCUT2D eigenvalue weighted by molar-refractivity contribution is 5.78. The van der Waals surface area contributed by atoms with Gasteiger partial charge in [-0.3, -0.25) is 4.79 Å². The molecular formula is C14H29N3O. The minimum Gasteiger partial charge on any atom is -0.355 e. The molecule has 0 aromatic rings. The Bertz CT molecular complexity index is 257. The first kappa shape index (κ1) is 15.4. The van der Waals surface area contributed by atoms with Crippen molar-refractivity contribution in [2.45, 2.75) is 52.1 Å². The van der Waals surface area contributed by atoms with E-state index in [4.69, 9.17) is 0 Å². The van der Waals surface area contributed by atoms with E-state index < -0.39 is 0 Å². The lowest BCUT2D eigenvalue weighted by molar-refractivity contribution is -0.126. The van der Waals surface area contributed by atoms with Crippen molar-refractivity contribution in [3.05, 3.63) is 0 Å². The molecule has 1 unspecified atom stereocenters. The van der Waals surface area contributed by atoms with Crippen LogP contribution < -0.4 is 10.6 Å². The average Bonchev–Trinajstić information content (AvgIpc) is 2.37. The molecule has 1 aliphatic rings. The number of likely N-dealkylation sites (N-methyl/N-ethyl adjacent to an activating group) is 1. The van der Waals surface area contributed by atoms with E-state index in [-0.39, 0.29) is 11.8 Å². The number of nitrogens with one attached hydrogen (secondary N) is 2. The van der Waals surface area contributed by atoms with E-state index in [1.807, 2.05) is 0 Å². The van der Waals surface area contributed by atoms with E-state index >= 15 is 0 Å². The smallest absolute Gasteiger partial charge is 0.223 e. The second-order valence-corrected chi connectivity index (χ2v) is 5.61. The predicted octanol–water partition coefficient (Wildman–Crippen LogP) is 1.22. The Balaban J connectivity index is 2.20. The molecule has 1 rings (SSSR count). The number of carbonyl (C=O) groups excluding carboxylic acids is 1. The molecule has 2 N–H and O–H groups in total. The van der Waals surface area contributed by atoms with Crippen molar-refractivity contribution in [2.75, 3.05) is 26.7 Å². The summed E-state index contributed by atoms with van der Waals surface area (Å²) in [5, 5.41) is 6.45. The molecule has 106 valence electrons. The lowest BCUT2D eigenvalue weighted by Crippen LogP contribution is -2.44. The Morgan fingerprint density at radius 1 is 1.56 bits per heavy atom. The van der Waals surface area contributed by atoms with Gasteiger partial charge < -0.3 is 15.5 Å². The first-order chi connectivity index (χ1) is 8.54. The van der Waals surface area contributed by atoms with Crippen molar-refractivity contribution in [2.24, 2.45) is 5.92 Å². The summed E-state index contributed by atoms with van der Waals surface area (Å²) in [4.78, 5) is 14.3. The second kappa shape index (κ2) is 7.74. The Morgan fingerprint density at radius 2 is 2.28 bits per heavy atom. The summed E-state index contributed by atoms with van der Waals surface area (Å²) in [6.45, 7) is 9.22. The van der Waals surface area contributed by atoms with Crippen molar-refractivity contribution in [3.8, 4) is 0 Å². The molecule has 0 bridgehead atoms. The zero-order chi connectivity index (χ0) is 13.5. The maximum Gasteiger partial charge on any atom is 0.223 e. The fraction of sp³-hybridized carbons (Fsp3) is 0.929. The van der Waals surface area contributed by atoms with Gasteiger partial charge >= 0.3 is 0 Å². The molecular weight excluding hydrogens is 226 g/mol. The van der Waals surface area contributed by atoms with Crippen LogP contribution in [0.15, 0.2) is 0 Å². The molecule has 1 amide bonds. The minimum atomic E-state index is 0.204. The summed E-state index contributed by atoms with van der Waals surface area (Å²) in [6, 6.07) is 1.05. The molecule has 1 saturated heterocycles. The number of rotatable bonds is 6. The zero-order valence-corrected chi connectivity index (χ0v) is 12.3. The topological polar surface area (TPSA) is 44.4 Å². The van der Waals surface area contributed by atoms with E-state index in [9.17, 15) is 4.79 Å². The van der Waals surface area contributed by atoms with Gasteiger partial charge in [-0.25, -0.2) is 0 Å². The van der Waals surface area contributed by atoms with Gasteiger partial charge in [-0.05, 0) is 46.7 Å². The fourth-order valence-corrected chi connectivity index (χ4v) is 2.40. The first-order valence-electron chi connectivity index (χ1n) is 7.26. The van der Waals surface area contributed by atoms with E-state index in [1.54, 1.807) is 0 Å². The number of hydrogen-bond donors (Lipinski definition) is 2. The van der Waals surface area contributed by atoms with E-state index in [2.05, 4.69) is 43.4 Å². The van der Waals surface area contributed by atoms with Crippen LogP contribution in [0.3, 0.4) is 0 Å². The summed E-state index contributed by atoms with van der Waals surface area (Å²) in [7, 11) is 2.12. The van der Waals surface area contributed by atoms with E-state index in [0.29, 0.717) is 12.1 Å². The highest BCUT2D eigenvalue weighted by Gasteiger charge is 2.24. The van der Waals surface area contributed by atoms with E-state index in [0.717, 1.165) is 38.9 Å². The van der Waals surface area contributed by atoms with Crippen LogP contribution in [0.4, 0.5) is 0 Å². The molecule has 0 spiro atoms. The quantitative estimate of drug-likeness (QED) is 0.750. The van der Waals surface area contributed by atoms with Gasteiger partial charge in [-0.15, -0.1) is 0 Å². The van der Waals surface area contributed by atoms with Crippen LogP contribution in [-0.2, 0) is 4.79 Å². The van der Waals surface area contributed by atoms with Gasteiger partial charge in [0.1, 0.15) is 0 Å². The normalized spacial score (nSPS) is 26.1. The van der Waals surface area contributed by atoms with Crippen LogP contribution in [0.2, 0.25) is 0 Å². The summed E-state index contributed by atoms with van der Waals surface area (Å²) < 4.78 is 0. The number of piperidine rings is 1. The lowest BCUT2D eigenvalue weighted by Gasteiger charge is -2.28. The monoisotopic (exact) mass is 255 g/mol. The van der Waals surface area contributed by atoms with Gasteiger partial charge in [0.05, 0.1) is 0 Å². The molecule has 1 aliphatic heterocycles. The number of amides is 1. The second-order valence-electron chi connectivity index (χ2n) is 5.61. The van der Waals surface area contributed by atoms with Gasteiger partial charge in [0, 0.05) is 31.1 Å². The summed E-state index contributed by atoms with van der Waals surface area (Å²) in [6.07, 6.45) is 3.08. The third-order valence-electron chi connectivity index (χ3n) is 4.10. The van der Waals surface area contributed by atoms with Crippen molar-refractivity contribution in [3.63, 3.8) is 0 Å². The molecule has 1 heterocycles. The lowest BCUT2D eigenvalue weighted by atomic mass is 9.92. The highest BCUT2D eigenvalue weighted by Crippen LogP contribution is 2.15. The molecule has 4 heteroatoms. The molecule has 0 aliphatic carbocycles. The molecule has 0 aromatic heterocycles. The molecule has 1 fully saturated rings. The zero-order valence-electron chi connectivity index (χ0n) is 12.3. The third kappa shape index (κ3) is 4.94. The van der Waals surface area contributed by atoms with Crippen LogP contribution in [0.5, 0.6) is 0 Å². The Labute approximate surface area is 111 Å². The Kier molecular flexibility index (Phi) is 6.65. The molecule has 3 atom stereocenters. The van der Waals surface area contributed by atoms with Crippen LogP contribution in [-0.4, -0.2) is 49.6 Å². The van der Waals surface area contributed by atoms with E-state index in [1.165, 1.54) is 0 Å². The number of nitrogens with zero attached hydrogens (tertiary/aromatic N) is 1. The van der Waals surface area contributed by atoms with Gasteiger partial charge in [0.25, 0.3) is 0 Å². The minimum absolute atomic E-state index is 0.204. The Hall–Kier alpha value is -0.610. The molecule has 18 heavy (non-hydrogen) atoms. The van der Waals surface area contributed by atoms with Gasteiger partial charge in [0.15, 0.2) is 0 Å². The summed E-state index contributed by atoms with van der Waals surface area (Å²) in [5.41, 5.74) is 0. The maximum absolute atomic E-state index is 12.0. The largest absolute Gasteiger partial charge is 0.355 e. The highest BCUT2D eigenvalue weighted by atomic mass is 16.1. The fourth-order valence-electron chi connectivity index (χ4n) is 2.40. The summed E-state index contributed by atoms with van der Waals surface area (Å²) >= 11 is 0. The standard InChI is InChI=1S/C14H29N3O/c1-5-12(3)17(4)9-8-16-14(18)13-6-7-15-11(2)10-13/h11-13,15H,5-10H2,1-4H3,(H,16,18)/t11-,12?,13-/m0/s1. The molecule has 0 saturated carbocycles. The summed E-state index contributed by atoms with van der Waals surface area (Å²) in [5.74, 6) is 0.441. The van der Waals surface area contributed by atoms with Crippen LogP contribution >= 0.6 is 0 Å². The Morgan fingerprint density at radius 3 is 2.89 bits per heavy atom. The maximum atomic E-state index is 12.0. The van der Waals surface area contributed by atoms with Crippen LogP contribution in [0.25, 0.3) is 0 Å². The first-order valence-corrected chi connectivity index (χ1v) is 7.26. The van der Waals surface area contributed by atoms with Crippen molar-refractivity contribution in [1.29, 1.82) is 0 Å². The molecule has 4 nitrogen and oxygen atoms in total. The average molecular weight is 255 g/mol. The predicted molar refractivity (Wildman–Crippen MR) is 75.6 cm³/mol. The van der Waals surface area contributed by atoms with Crippen LogP contribution in [0, 0.1) is 5.92 Å². The van der Waals surface area contributed by atoms with Gasteiger partial charge in [-0.2, -0.15) is 0 Å². The molecule has 0 aromatic carbocycles. The van der Waals surface area contributed by atoms with Crippen molar-refractivity contribution in [1.82, 2.24) is 15.5 Å².